The van der Waals surface area contributed by atoms with E-state index in [4.69, 9.17) is 4.74 Å². The predicted octanol–water partition coefficient (Wildman–Crippen LogP) is 3.54. The molecule has 1 aromatic carbocycles. The molecule has 4 heteroatoms. The summed E-state index contributed by atoms with van der Waals surface area (Å²) in [6.45, 7) is 0. The van der Waals surface area contributed by atoms with Crippen LogP contribution in [0, 0.1) is 0 Å². The van der Waals surface area contributed by atoms with Crippen molar-refractivity contribution in [1.82, 2.24) is 4.37 Å². The van der Waals surface area contributed by atoms with Crippen LogP contribution in [-0.4, -0.2) is 4.37 Å². The molecule has 2 aromatic rings. The highest BCUT2D eigenvalue weighted by molar-refractivity contribution is 9.11. The second-order valence-corrected chi connectivity index (χ2v) is 3.71. The number of benzene rings is 1. The molecule has 0 fully saturated rings. The van der Waals surface area contributed by atoms with E-state index in [0.717, 1.165) is 15.8 Å². The van der Waals surface area contributed by atoms with Crippen molar-refractivity contribution in [3.05, 3.63) is 35.6 Å². The highest BCUT2D eigenvalue weighted by Crippen LogP contribution is 2.28. The van der Waals surface area contributed by atoms with E-state index in [2.05, 4.69) is 20.3 Å². The molecule has 0 N–H and O–H groups in total. The summed E-state index contributed by atoms with van der Waals surface area (Å²) in [4.78, 5) is 1.67. The first kappa shape index (κ1) is 8.72. The molecular weight excluding hydrogens is 250 g/mol. The van der Waals surface area contributed by atoms with Crippen LogP contribution in [0.4, 0.5) is 0 Å². The molecule has 13 heavy (non-hydrogen) atoms. The van der Waals surface area contributed by atoms with Crippen molar-refractivity contribution in [3.63, 3.8) is 0 Å². The largest absolute Gasteiger partial charge is 0.463 e. The lowest BCUT2D eigenvalue weighted by molar-refractivity contribution is 0.489. The summed E-state index contributed by atoms with van der Waals surface area (Å²) in [5.74, 6) is 0.843. The van der Waals surface area contributed by atoms with E-state index >= 15 is 0 Å². The minimum Gasteiger partial charge on any atom is -0.463 e. The second-order valence-electron chi connectivity index (χ2n) is 2.38. The first-order valence-electron chi connectivity index (χ1n) is 3.67. The van der Waals surface area contributed by atoms with E-state index in [1.165, 1.54) is 11.5 Å². The van der Waals surface area contributed by atoms with Crippen LogP contribution >= 0.6 is 27.5 Å². The van der Waals surface area contributed by atoms with Crippen molar-refractivity contribution in [3.8, 4) is 5.75 Å². The van der Waals surface area contributed by atoms with E-state index in [1.54, 1.807) is 11.2 Å². The summed E-state index contributed by atoms with van der Waals surface area (Å²) < 4.78 is 10.5. The fourth-order valence-electron chi connectivity index (χ4n) is 1.06. The van der Waals surface area contributed by atoms with Crippen LogP contribution in [0.1, 0.15) is 0 Å². The first-order chi connectivity index (χ1) is 6.42. The third-order valence-corrected chi connectivity index (χ3v) is 2.64. The maximum Gasteiger partial charge on any atom is 0.145 e. The summed E-state index contributed by atoms with van der Waals surface area (Å²) in [5, 5.41) is 1.12. The average Bonchev–Trinajstić information content (AvgIpc) is 2.62. The molecule has 0 unspecified atom stereocenters. The molecule has 0 amide bonds. The molecule has 0 aliphatic carbocycles. The lowest BCUT2D eigenvalue weighted by Gasteiger charge is -1.99. The van der Waals surface area contributed by atoms with Crippen molar-refractivity contribution in [2.24, 2.45) is 0 Å². The Kier molecular flexibility index (Phi) is 2.61. The molecule has 66 valence electrons. The number of fused-ring (bicyclic) bond motifs is 1. The molecule has 0 atom stereocenters. The minimum atomic E-state index is 0.843. The monoisotopic (exact) mass is 255 g/mol. The zero-order valence-corrected chi connectivity index (χ0v) is 9.01. The summed E-state index contributed by atoms with van der Waals surface area (Å²) in [6.07, 6.45) is 3.43. The minimum absolute atomic E-state index is 0.843. The molecule has 0 spiro atoms. The molecule has 1 aromatic heterocycles. The van der Waals surface area contributed by atoms with Crippen molar-refractivity contribution < 1.29 is 4.74 Å². The van der Waals surface area contributed by atoms with Crippen LogP contribution < -0.4 is 4.74 Å². The van der Waals surface area contributed by atoms with Gasteiger partial charge in [0.15, 0.2) is 0 Å². The zero-order valence-electron chi connectivity index (χ0n) is 6.61. The molecule has 0 saturated heterocycles. The molecule has 0 radical (unpaired) electrons. The Hall–Kier alpha value is -0.870. The van der Waals surface area contributed by atoms with Gasteiger partial charge < -0.3 is 4.74 Å². The molecule has 1 heterocycles. The van der Waals surface area contributed by atoms with Crippen LogP contribution in [-0.2, 0) is 0 Å². The Morgan fingerprint density at radius 3 is 3.23 bits per heavy atom. The smallest absolute Gasteiger partial charge is 0.145 e. The summed E-state index contributed by atoms with van der Waals surface area (Å²) >= 11 is 4.58. The molecule has 0 aliphatic heterocycles. The summed E-state index contributed by atoms with van der Waals surface area (Å²) in [6, 6.07) is 5.89. The molecule has 0 saturated carbocycles. The topological polar surface area (TPSA) is 22.1 Å². The zero-order chi connectivity index (χ0) is 9.10. The number of hydrogen-bond acceptors (Lipinski definition) is 3. The SMILES string of the molecule is BrC=COc1cccc2cnsc12. The maximum absolute atomic E-state index is 5.37. The third kappa shape index (κ3) is 1.73. The van der Waals surface area contributed by atoms with Crippen molar-refractivity contribution in [2.45, 2.75) is 0 Å². The van der Waals surface area contributed by atoms with Gasteiger partial charge >= 0.3 is 0 Å². The average molecular weight is 256 g/mol. The van der Waals surface area contributed by atoms with Gasteiger partial charge in [-0.25, -0.2) is 0 Å². The highest BCUT2D eigenvalue weighted by atomic mass is 79.9. The van der Waals surface area contributed by atoms with E-state index in [9.17, 15) is 0 Å². The molecule has 2 nitrogen and oxygen atoms in total. The quantitative estimate of drug-likeness (QED) is 0.766. The van der Waals surface area contributed by atoms with Crippen molar-refractivity contribution >= 4 is 37.5 Å². The standard InChI is InChI=1S/C9H6BrNOS/c10-4-5-12-8-3-1-2-7-6-11-13-9(7)8/h1-6H. The number of ether oxygens (including phenoxy) is 1. The van der Waals surface area contributed by atoms with E-state index in [-0.39, 0.29) is 0 Å². The van der Waals surface area contributed by atoms with Gasteiger partial charge in [0.05, 0.1) is 11.0 Å². The maximum atomic E-state index is 5.37. The van der Waals surface area contributed by atoms with Crippen LogP contribution in [0.2, 0.25) is 0 Å². The van der Waals surface area contributed by atoms with E-state index in [0.29, 0.717) is 0 Å². The second kappa shape index (κ2) is 3.89. The first-order valence-corrected chi connectivity index (χ1v) is 5.36. The van der Waals surface area contributed by atoms with Gasteiger partial charge in [-0.15, -0.1) is 0 Å². The Bertz CT molecular complexity index is 438. The number of nitrogens with zero attached hydrogens (tertiary/aromatic N) is 1. The van der Waals surface area contributed by atoms with Crippen LogP contribution in [0.3, 0.4) is 0 Å². The van der Waals surface area contributed by atoms with Gasteiger partial charge in [0.25, 0.3) is 0 Å². The van der Waals surface area contributed by atoms with Gasteiger partial charge in [0.2, 0.25) is 0 Å². The Balaban J connectivity index is 2.48. The highest BCUT2D eigenvalue weighted by Gasteiger charge is 2.01. The van der Waals surface area contributed by atoms with Gasteiger partial charge in [-0.05, 0) is 17.6 Å². The van der Waals surface area contributed by atoms with Crippen molar-refractivity contribution in [2.75, 3.05) is 0 Å². The van der Waals surface area contributed by atoms with Crippen LogP contribution in [0.25, 0.3) is 10.1 Å². The van der Waals surface area contributed by atoms with E-state index in [1.807, 2.05) is 24.4 Å². The Morgan fingerprint density at radius 1 is 1.46 bits per heavy atom. The molecule has 0 bridgehead atoms. The van der Waals surface area contributed by atoms with E-state index < -0.39 is 0 Å². The van der Waals surface area contributed by atoms with Gasteiger partial charge in [-0.2, -0.15) is 4.37 Å². The number of aromatic nitrogens is 1. The number of hydrogen-bond donors (Lipinski definition) is 0. The molecule has 2 rings (SSSR count). The number of halogens is 1. The fourth-order valence-corrected chi connectivity index (χ4v) is 1.87. The predicted molar refractivity (Wildman–Crippen MR) is 58.3 cm³/mol. The molecule has 0 aliphatic rings. The summed E-state index contributed by atoms with van der Waals surface area (Å²) in [5.41, 5.74) is 0. The lowest BCUT2D eigenvalue weighted by atomic mass is 10.3. The van der Waals surface area contributed by atoms with Crippen molar-refractivity contribution in [1.29, 1.82) is 0 Å². The normalized spacial score (nSPS) is 11.2. The lowest BCUT2D eigenvalue weighted by Crippen LogP contribution is -1.79. The fraction of sp³-hybridized carbons (Fsp3) is 0. The molecular formula is C9H6BrNOS. The number of rotatable bonds is 2. The summed E-state index contributed by atoms with van der Waals surface area (Å²) in [7, 11) is 0. The van der Waals surface area contributed by atoms with Gasteiger partial charge in [-0.1, -0.05) is 28.1 Å². The van der Waals surface area contributed by atoms with Crippen LogP contribution in [0.5, 0.6) is 5.75 Å². The van der Waals surface area contributed by atoms with Gasteiger partial charge in [0, 0.05) is 16.6 Å². The van der Waals surface area contributed by atoms with Gasteiger partial charge in [-0.3, -0.25) is 0 Å². The van der Waals surface area contributed by atoms with Crippen LogP contribution in [0.15, 0.2) is 35.6 Å². The van der Waals surface area contributed by atoms with Gasteiger partial charge in [0.1, 0.15) is 5.75 Å². The third-order valence-electron chi connectivity index (χ3n) is 1.59. The Morgan fingerprint density at radius 2 is 2.38 bits per heavy atom. The Labute approximate surface area is 88.1 Å².